The number of nitrogens with zero attached hydrogens (tertiary/aromatic N) is 3. The highest BCUT2D eigenvalue weighted by Crippen LogP contribution is 2.33. The molecule has 3 heterocycles. The topological polar surface area (TPSA) is 68.7 Å². The molecule has 138 valence electrons. The van der Waals surface area contributed by atoms with Crippen LogP contribution in [0.1, 0.15) is 18.4 Å². The molecule has 1 spiro atoms. The Bertz CT molecular complexity index is 767. The highest BCUT2D eigenvalue weighted by Gasteiger charge is 2.40. The first-order chi connectivity index (χ1) is 12.7. The monoisotopic (exact) mass is 356 g/mol. The van der Waals surface area contributed by atoms with E-state index in [1.807, 2.05) is 31.2 Å². The number of piperidine rings is 1. The van der Waals surface area contributed by atoms with Gasteiger partial charge < -0.3 is 24.4 Å². The molecule has 7 heteroatoms. The van der Waals surface area contributed by atoms with Gasteiger partial charge >= 0.3 is 0 Å². The van der Waals surface area contributed by atoms with Crippen molar-refractivity contribution < 1.29 is 14.2 Å². The van der Waals surface area contributed by atoms with Crippen LogP contribution in [0, 0.1) is 6.92 Å². The van der Waals surface area contributed by atoms with Crippen molar-refractivity contribution in [3.8, 4) is 5.75 Å². The summed E-state index contributed by atoms with van der Waals surface area (Å²) < 4.78 is 17.0. The first kappa shape index (κ1) is 17.1. The smallest absolute Gasteiger partial charge is 0.171 e. The van der Waals surface area contributed by atoms with E-state index in [1.165, 1.54) is 0 Å². The van der Waals surface area contributed by atoms with Gasteiger partial charge in [-0.1, -0.05) is 6.07 Å². The summed E-state index contributed by atoms with van der Waals surface area (Å²) in [5.41, 5.74) is 2.04. The zero-order valence-corrected chi connectivity index (χ0v) is 15.2. The van der Waals surface area contributed by atoms with Gasteiger partial charge in [-0.05, 0) is 24.6 Å². The summed E-state index contributed by atoms with van der Waals surface area (Å²) in [4.78, 5) is 11.0. The van der Waals surface area contributed by atoms with E-state index in [0.717, 1.165) is 54.6 Å². The van der Waals surface area contributed by atoms with E-state index < -0.39 is 0 Å². The molecule has 2 aliphatic heterocycles. The lowest BCUT2D eigenvalue weighted by Crippen LogP contribution is -2.45. The van der Waals surface area contributed by atoms with Crippen molar-refractivity contribution in [2.24, 2.45) is 0 Å². The van der Waals surface area contributed by atoms with E-state index in [9.17, 15) is 0 Å². The summed E-state index contributed by atoms with van der Waals surface area (Å²) in [6, 6.07) is 7.98. The predicted octanol–water partition coefficient (Wildman–Crippen LogP) is 2.88. The Morgan fingerprint density at radius 2 is 1.88 bits per heavy atom. The molecule has 0 unspecified atom stereocenters. The molecule has 4 rings (SSSR count). The molecule has 0 bridgehead atoms. The highest BCUT2D eigenvalue weighted by molar-refractivity contribution is 5.66. The second-order valence-corrected chi connectivity index (χ2v) is 6.68. The lowest BCUT2D eigenvalue weighted by atomic mass is 10.0. The lowest BCUT2D eigenvalue weighted by molar-refractivity contribution is -0.169. The van der Waals surface area contributed by atoms with E-state index in [-0.39, 0.29) is 5.79 Å². The van der Waals surface area contributed by atoms with Gasteiger partial charge in [0.25, 0.3) is 0 Å². The Morgan fingerprint density at radius 1 is 1.12 bits per heavy atom. The van der Waals surface area contributed by atoms with Crippen LogP contribution in [0.25, 0.3) is 0 Å². The molecule has 0 atom stereocenters. The highest BCUT2D eigenvalue weighted by atomic mass is 16.7. The third-order valence-corrected chi connectivity index (χ3v) is 4.93. The van der Waals surface area contributed by atoms with Crippen LogP contribution in [0.4, 0.5) is 17.3 Å². The average Bonchev–Trinajstić information content (AvgIpc) is 3.11. The van der Waals surface area contributed by atoms with Crippen molar-refractivity contribution >= 4 is 17.3 Å². The summed E-state index contributed by atoms with van der Waals surface area (Å²) in [5, 5.41) is 3.34. The second-order valence-electron chi connectivity index (χ2n) is 6.68. The first-order valence-electron chi connectivity index (χ1n) is 8.94. The summed E-state index contributed by atoms with van der Waals surface area (Å²) in [5.74, 6) is 2.06. The molecular formula is C19H24N4O3. The third-order valence-electron chi connectivity index (χ3n) is 4.93. The molecule has 0 saturated carbocycles. The fourth-order valence-corrected chi connectivity index (χ4v) is 3.51. The molecule has 2 saturated heterocycles. The molecule has 2 aliphatic rings. The second kappa shape index (κ2) is 7.09. The van der Waals surface area contributed by atoms with Crippen molar-refractivity contribution in [3.63, 3.8) is 0 Å². The SMILES string of the molecule is COc1ccc(C)cc1Nc1cc(N2CCC3(CC2)OCCO3)ncn1. The van der Waals surface area contributed by atoms with Gasteiger partial charge in [-0.2, -0.15) is 0 Å². The van der Waals surface area contributed by atoms with Crippen molar-refractivity contribution in [1.29, 1.82) is 0 Å². The molecular weight excluding hydrogens is 332 g/mol. The van der Waals surface area contributed by atoms with E-state index >= 15 is 0 Å². The number of aromatic nitrogens is 2. The maximum Gasteiger partial charge on any atom is 0.171 e. The molecule has 7 nitrogen and oxygen atoms in total. The summed E-state index contributed by atoms with van der Waals surface area (Å²) in [7, 11) is 1.66. The van der Waals surface area contributed by atoms with E-state index in [0.29, 0.717) is 13.2 Å². The molecule has 2 aromatic rings. The third kappa shape index (κ3) is 3.45. The number of benzene rings is 1. The fourth-order valence-electron chi connectivity index (χ4n) is 3.51. The van der Waals surface area contributed by atoms with E-state index in [4.69, 9.17) is 14.2 Å². The number of nitrogens with one attached hydrogen (secondary N) is 1. The quantitative estimate of drug-likeness (QED) is 0.903. The zero-order valence-electron chi connectivity index (χ0n) is 15.2. The molecule has 1 aromatic heterocycles. The fraction of sp³-hybridized carbons (Fsp3) is 0.474. The van der Waals surface area contributed by atoms with Gasteiger partial charge in [0, 0.05) is 32.0 Å². The van der Waals surface area contributed by atoms with Gasteiger partial charge in [0.05, 0.1) is 26.0 Å². The maximum absolute atomic E-state index is 5.80. The van der Waals surface area contributed by atoms with Crippen LogP contribution in [0.15, 0.2) is 30.6 Å². The van der Waals surface area contributed by atoms with Crippen molar-refractivity contribution in [2.45, 2.75) is 25.6 Å². The van der Waals surface area contributed by atoms with Gasteiger partial charge in [0.15, 0.2) is 5.79 Å². The minimum atomic E-state index is -0.375. The Labute approximate surface area is 153 Å². The minimum Gasteiger partial charge on any atom is -0.495 e. The van der Waals surface area contributed by atoms with Gasteiger partial charge in [-0.3, -0.25) is 0 Å². The minimum absolute atomic E-state index is 0.375. The Morgan fingerprint density at radius 3 is 2.62 bits per heavy atom. The average molecular weight is 356 g/mol. The Kier molecular flexibility index (Phi) is 4.65. The molecule has 0 radical (unpaired) electrons. The Balaban J connectivity index is 1.48. The number of methoxy groups -OCH3 is 1. The summed E-state index contributed by atoms with van der Waals surface area (Å²) in [6.45, 7) is 5.14. The number of ether oxygens (including phenoxy) is 3. The van der Waals surface area contributed by atoms with Crippen LogP contribution in [0.3, 0.4) is 0 Å². The lowest BCUT2D eigenvalue weighted by Gasteiger charge is -2.38. The number of aryl methyl sites for hydroxylation is 1. The molecule has 26 heavy (non-hydrogen) atoms. The predicted molar refractivity (Wildman–Crippen MR) is 99.1 cm³/mol. The standard InChI is InChI=1S/C19H24N4O3/c1-14-3-4-16(24-2)15(11-14)22-17-12-18(21-13-20-17)23-7-5-19(6-8-23)25-9-10-26-19/h3-4,11-13H,5-10H2,1-2H3,(H,20,21,22). The van der Waals surface area contributed by atoms with Gasteiger partial charge in [0.1, 0.15) is 23.7 Å². The molecule has 2 fully saturated rings. The van der Waals surface area contributed by atoms with Gasteiger partial charge in [-0.15, -0.1) is 0 Å². The molecule has 0 amide bonds. The van der Waals surface area contributed by atoms with Crippen LogP contribution in [0.2, 0.25) is 0 Å². The molecule has 0 aliphatic carbocycles. The van der Waals surface area contributed by atoms with Gasteiger partial charge in [0.2, 0.25) is 0 Å². The molecule has 1 N–H and O–H groups in total. The van der Waals surface area contributed by atoms with Gasteiger partial charge in [-0.25, -0.2) is 9.97 Å². The normalized spacial score (nSPS) is 18.9. The van der Waals surface area contributed by atoms with Crippen LogP contribution in [-0.4, -0.2) is 49.2 Å². The maximum atomic E-state index is 5.80. The number of hydrogen-bond donors (Lipinski definition) is 1. The Hall–Kier alpha value is -2.38. The largest absolute Gasteiger partial charge is 0.495 e. The number of hydrogen-bond acceptors (Lipinski definition) is 7. The van der Waals surface area contributed by atoms with Crippen LogP contribution >= 0.6 is 0 Å². The van der Waals surface area contributed by atoms with Crippen LogP contribution in [0.5, 0.6) is 5.75 Å². The molecule has 1 aromatic carbocycles. The first-order valence-corrected chi connectivity index (χ1v) is 8.94. The summed E-state index contributed by atoms with van der Waals surface area (Å²) >= 11 is 0. The number of rotatable bonds is 4. The van der Waals surface area contributed by atoms with Crippen molar-refractivity contribution in [2.75, 3.05) is 43.6 Å². The van der Waals surface area contributed by atoms with Crippen molar-refractivity contribution in [1.82, 2.24) is 9.97 Å². The van der Waals surface area contributed by atoms with E-state index in [1.54, 1.807) is 13.4 Å². The van der Waals surface area contributed by atoms with Crippen LogP contribution in [-0.2, 0) is 9.47 Å². The summed E-state index contributed by atoms with van der Waals surface area (Å²) in [6.07, 6.45) is 3.30. The van der Waals surface area contributed by atoms with Crippen LogP contribution < -0.4 is 15.0 Å². The van der Waals surface area contributed by atoms with E-state index in [2.05, 4.69) is 20.2 Å². The zero-order chi connectivity index (χ0) is 18.0. The van der Waals surface area contributed by atoms with Crippen molar-refractivity contribution in [3.05, 3.63) is 36.2 Å². The number of anilines is 3.